The van der Waals surface area contributed by atoms with E-state index in [0.717, 1.165) is 12.1 Å². The lowest BCUT2D eigenvalue weighted by Gasteiger charge is -2.18. The Balaban J connectivity index is 3.07. The number of rotatable bonds is 5. The van der Waals surface area contributed by atoms with Crippen LogP contribution in [0, 0.1) is 5.82 Å². The Bertz CT molecular complexity index is 518. The standard InChI is InChI=1S/C11H9BrFNO5/c12-6-1-2-8(13)7(3-6)11(19)14(4-9(15)16)5-10(17)18/h1-3H,4-5H2,(H,15,16)(H,17,18). The van der Waals surface area contributed by atoms with Crippen LogP contribution in [0.4, 0.5) is 4.39 Å². The normalized spacial score (nSPS) is 10.0. The topological polar surface area (TPSA) is 94.9 Å². The van der Waals surface area contributed by atoms with Crippen LogP contribution in [0.15, 0.2) is 22.7 Å². The van der Waals surface area contributed by atoms with Crippen LogP contribution in [0.5, 0.6) is 0 Å². The van der Waals surface area contributed by atoms with Crippen LogP contribution in [-0.2, 0) is 9.59 Å². The predicted molar refractivity (Wildman–Crippen MR) is 65.3 cm³/mol. The summed E-state index contributed by atoms with van der Waals surface area (Å²) in [6.07, 6.45) is 0. The molecular weight excluding hydrogens is 325 g/mol. The number of hydrogen-bond acceptors (Lipinski definition) is 3. The molecule has 0 aromatic heterocycles. The molecular formula is C11H9BrFNO5. The second-order valence-electron chi connectivity index (χ2n) is 3.57. The molecule has 2 N–H and O–H groups in total. The third-order valence-electron chi connectivity index (χ3n) is 2.10. The van der Waals surface area contributed by atoms with Crippen molar-refractivity contribution in [1.82, 2.24) is 4.90 Å². The molecule has 1 rings (SSSR count). The number of carbonyl (C=O) groups excluding carboxylic acids is 1. The van der Waals surface area contributed by atoms with Gasteiger partial charge in [-0.3, -0.25) is 14.4 Å². The molecule has 8 heteroatoms. The van der Waals surface area contributed by atoms with Gasteiger partial charge in [-0.2, -0.15) is 0 Å². The van der Waals surface area contributed by atoms with Crippen molar-refractivity contribution in [2.24, 2.45) is 0 Å². The van der Waals surface area contributed by atoms with Crippen LogP contribution >= 0.6 is 15.9 Å². The number of carboxylic acid groups (broad SMARTS) is 2. The summed E-state index contributed by atoms with van der Waals surface area (Å²) < 4.78 is 13.9. The van der Waals surface area contributed by atoms with Gasteiger partial charge in [-0.05, 0) is 18.2 Å². The highest BCUT2D eigenvalue weighted by molar-refractivity contribution is 9.10. The third-order valence-corrected chi connectivity index (χ3v) is 2.59. The largest absolute Gasteiger partial charge is 0.480 e. The molecule has 1 amide bonds. The van der Waals surface area contributed by atoms with E-state index in [4.69, 9.17) is 10.2 Å². The van der Waals surface area contributed by atoms with E-state index in [9.17, 15) is 18.8 Å². The second kappa shape index (κ2) is 6.28. The molecule has 0 spiro atoms. The van der Waals surface area contributed by atoms with Crippen LogP contribution in [0.1, 0.15) is 10.4 Å². The van der Waals surface area contributed by atoms with Crippen LogP contribution in [0.2, 0.25) is 0 Å². The summed E-state index contributed by atoms with van der Waals surface area (Å²) in [4.78, 5) is 33.6. The molecule has 0 saturated carbocycles. The fraction of sp³-hybridized carbons (Fsp3) is 0.182. The molecule has 0 unspecified atom stereocenters. The number of hydrogen-bond donors (Lipinski definition) is 2. The number of aliphatic carboxylic acids is 2. The molecule has 19 heavy (non-hydrogen) atoms. The van der Waals surface area contributed by atoms with Crippen molar-refractivity contribution in [3.63, 3.8) is 0 Å². The number of amides is 1. The zero-order valence-electron chi connectivity index (χ0n) is 9.47. The summed E-state index contributed by atoms with van der Waals surface area (Å²) in [5, 5.41) is 17.3. The molecule has 1 aromatic rings. The molecule has 0 radical (unpaired) electrons. The Morgan fingerprint density at radius 1 is 1.16 bits per heavy atom. The van der Waals surface area contributed by atoms with Crippen molar-refractivity contribution in [3.05, 3.63) is 34.1 Å². The van der Waals surface area contributed by atoms with Gasteiger partial charge in [0.2, 0.25) is 0 Å². The van der Waals surface area contributed by atoms with E-state index in [2.05, 4.69) is 15.9 Å². The average Bonchev–Trinajstić information content (AvgIpc) is 2.29. The number of carboxylic acids is 2. The minimum Gasteiger partial charge on any atom is -0.480 e. The zero-order chi connectivity index (χ0) is 14.6. The summed E-state index contributed by atoms with van der Waals surface area (Å²) in [5.41, 5.74) is -0.392. The minimum atomic E-state index is -1.38. The van der Waals surface area contributed by atoms with Crippen molar-refractivity contribution >= 4 is 33.8 Å². The fourth-order valence-electron chi connectivity index (χ4n) is 1.36. The second-order valence-corrected chi connectivity index (χ2v) is 4.49. The van der Waals surface area contributed by atoms with E-state index < -0.39 is 42.3 Å². The lowest BCUT2D eigenvalue weighted by atomic mass is 10.2. The first-order valence-corrected chi connectivity index (χ1v) is 5.78. The van der Waals surface area contributed by atoms with Crippen LogP contribution in [-0.4, -0.2) is 46.0 Å². The van der Waals surface area contributed by atoms with E-state index in [1.165, 1.54) is 6.07 Å². The average molecular weight is 334 g/mol. The molecule has 0 atom stereocenters. The molecule has 0 fully saturated rings. The van der Waals surface area contributed by atoms with Gasteiger partial charge in [0.1, 0.15) is 18.9 Å². The summed E-state index contributed by atoms with van der Waals surface area (Å²) >= 11 is 3.05. The summed E-state index contributed by atoms with van der Waals surface area (Å²) in [7, 11) is 0. The number of carbonyl (C=O) groups is 3. The maximum Gasteiger partial charge on any atom is 0.323 e. The summed E-state index contributed by atoms with van der Waals surface area (Å²) in [6, 6.07) is 3.55. The maximum atomic E-state index is 13.5. The predicted octanol–water partition coefficient (Wildman–Crippen LogP) is 1.20. The Morgan fingerprint density at radius 3 is 2.16 bits per heavy atom. The summed E-state index contributed by atoms with van der Waals surface area (Å²) in [6.45, 7) is -1.64. The van der Waals surface area contributed by atoms with Gasteiger partial charge in [-0.1, -0.05) is 15.9 Å². The van der Waals surface area contributed by atoms with E-state index in [-0.39, 0.29) is 0 Å². The quantitative estimate of drug-likeness (QED) is 0.844. The highest BCUT2D eigenvalue weighted by Gasteiger charge is 2.23. The molecule has 0 aliphatic rings. The fourth-order valence-corrected chi connectivity index (χ4v) is 1.72. The van der Waals surface area contributed by atoms with Crippen LogP contribution < -0.4 is 0 Å². The number of halogens is 2. The third kappa shape index (κ3) is 4.32. The van der Waals surface area contributed by atoms with Crippen molar-refractivity contribution in [2.45, 2.75) is 0 Å². The number of nitrogens with zero attached hydrogens (tertiary/aromatic N) is 1. The Labute approximate surface area is 115 Å². The Morgan fingerprint density at radius 2 is 1.68 bits per heavy atom. The maximum absolute atomic E-state index is 13.5. The van der Waals surface area contributed by atoms with E-state index >= 15 is 0 Å². The molecule has 0 aliphatic heterocycles. The van der Waals surface area contributed by atoms with Gasteiger partial charge < -0.3 is 15.1 Å². The SMILES string of the molecule is O=C(O)CN(CC(=O)O)C(=O)c1cc(Br)ccc1F. The molecule has 6 nitrogen and oxygen atoms in total. The van der Waals surface area contributed by atoms with Gasteiger partial charge >= 0.3 is 11.9 Å². The zero-order valence-corrected chi connectivity index (χ0v) is 11.1. The van der Waals surface area contributed by atoms with Crippen LogP contribution in [0.3, 0.4) is 0 Å². The first-order chi connectivity index (χ1) is 8.81. The molecule has 0 saturated heterocycles. The first kappa shape index (κ1) is 15.1. The Hall–Kier alpha value is -1.96. The monoisotopic (exact) mass is 333 g/mol. The van der Waals surface area contributed by atoms with Gasteiger partial charge in [0.25, 0.3) is 5.91 Å². The Kier molecular flexibility index (Phi) is 4.99. The van der Waals surface area contributed by atoms with Gasteiger partial charge in [0.05, 0.1) is 5.56 Å². The highest BCUT2D eigenvalue weighted by atomic mass is 79.9. The number of benzene rings is 1. The lowest BCUT2D eigenvalue weighted by Crippen LogP contribution is -2.39. The van der Waals surface area contributed by atoms with Crippen molar-refractivity contribution in [2.75, 3.05) is 13.1 Å². The van der Waals surface area contributed by atoms with Crippen LogP contribution in [0.25, 0.3) is 0 Å². The van der Waals surface area contributed by atoms with Gasteiger partial charge in [-0.25, -0.2) is 4.39 Å². The van der Waals surface area contributed by atoms with Gasteiger partial charge in [0, 0.05) is 4.47 Å². The smallest absolute Gasteiger partial charge is 0.323 e. The van der Waals surface area contributed by atoms with Gasteiger partial charge in [0.15, 0.2) is 0 Å². The van der Waals surface area contributed by atoms with Gasteiger partial charge in [-0.15, -0.1) is 0 Å². The van der Waals surface area contributed by atoms with E-state index in [0.29, 0.717) is 9.37 Å². The van der Waals surface area contributed by atoms with Crippen molar-refractivity contribution in [1.29, 1.82) is 0 Å². The lowest BCUT2D eigenvalue weighted by molar-refractivity contribution is -0.140. The molecule has 1 aromatic carbocycles. The molecule has 0 bridgehead atoms. The van der Waals surface area contributed by atoms with E-state index in [1.807, 2.05) is 0 Å². The van der Waals surface area contributed by atoms with Crippen molar-refractivity contribution < 1.29 is 29.0 Å². The first-order valence-electron chi connectivity index (χ1n) is 4.99. The molecule has 102 valence electrons. The molecule has 0 aliphatic carbocycles. The molecule has 0 heterocycles. The highest BCUT2D eigenvalue weighted by Crippen LogP contribution is 2.17. The van der Waals surface area contributed by atoms with E-state index in [1.54, 1.807) is 0 Å². The minimum absolute atomic E-state index is 0.392. The summed E-state index contributed by atoms with van der Waals surface area (Å²) in [5.74, 6) is -4.62. The van der Waals surface area contributed by atoms with Crippen molar-refractivity contribution in [3.8, 4) is 0 Å².